The Labute approximate surface area is 106 Å². The number of nitrogens with one attached hydrogen (secondary N) is 3. The molecule has 6 heteroatoms. The smallest absolute Gasteiger partial charge is 0.315 e. The highest BCUT2D eigenvalue weighted by atomic mass is 32.2. The third-order valence-corrected chi connectivity index (χ3v) is 5.00. The summed E-state index contributed by atoms with van der Waals surface area (Å²) in [5.41, 5.74) is 0. The van der Waals surface area contributed by atoms with E-state index in [0.717, 1.165) is 31.4 Å². The van der Waals surface area contributed by atoms with Crippen molar-refractivity contribution in [2.45, 2.75) is 49.2 Å². The normalized spacial score (nSPS) is 33.1. The summed E-state index contributed by atoms with van der Waals surface area (Å²) in [6, 6.07) is 0.609. The molecule has 0 bridgehead atoms. The summed E-state index contributed by atoms with van der Waals surface area (Å²) in [6.07, 6.45) is 3.66. The van der Waals surface area contributed by atoms with Crippen molar-refractivity contribution >= 4 is 17.8 Å². The summed E-state index contributed by atoms with van der Waals surface area (Å²) >= 11 is 1.95. The van der Waals surface area contributed by atoms with E-state index in [9.17, 15) is 9.90 Å². The Morgan fingerprint density at radius 3 is 3.12 bits per heavy atom. The fourth-order valence-corrected chi connectivity index (χ4v) is 4.01. The minimum Gasteiger partial charge on any atom is -0.379 e. The number of aliphatic hydroxyl groups excluding tert-OH is 1. The molecule has 2 aliphatic heterocycles. The van der Waals surface area contributed by atoms with Gasteiger partial charge in [-0.3, -0.25) is 5.32 Å². The number of thioether (sulfide) groups is 1. The van der Waals surface area contributed by atoms with Crippen LogP contribution in [-0.4, -0.2) is 47.5 Å². The Kier molecular flexibility index (Phi) is 4.53. The third-order valence-electron chi connectivity index (χ3n) is 3.49. The van der Waals surface area contributed by atoms with Crippen LogP contribution in [0.3, 0.4) is 0 Å². The SMILES string of the molecule is CNC(O)CCCCC1SCC2NC(=O)NC21. The van der Waals surface area contributed by atoms with Crippen molar-refractivity contribution in [2.75, 3.05) is 12.8 Å². The summed E-state index contributed by atoms with van der Waals surface area (Å²) in [5, 5.41) is 18.6. The molecule has 98 valence electrons. The number of carbonyl (C=O) groups excluding carboxylic acids is 1. The third kappa shape index (κ3) is 3.26. The molecule has 0 aromatic rings. The van der Waals surface area contributed by atoms with Gasteiger partial charge in [0.1, 0.15) is 6.23 Å². The molecule has 0 saturated carbocycles. The van der Waals surface area contributed by atoms with E-state index >= 15 is 0 Å². The summed E-state index contributed by atoms with van der Waals surface area (Å²) in [5.74, 6) is 1.02. The molecule has 17 heavy (non-hydrogen) atoms. The number of fused-ring (bicyclic) bond motifs is 1. The van der Waals surface area contributed by atoms with Crippen molar-refractivity contribution in [3.8, 4) is 0 Å². The molecule has 2 rings (SSSR count). The van der Waals surface area contributed by atoms with Crippen LogP contribution >= 0.6 is 11.8 Å². The quantitative estimate of drug-likeness (QED) is 0.313. The van der Waals surface area contributed by atoms with Crippen molar-refractivity contribution in [3.63, 3.8) is 0 Å². The highest BCUT2D eigenvalue weighted by Gasteiger charge is 2.42. The number of aliphatic hydroxyl groups is 1. The molecule has 2 amide bonds. The van der Waals surface area contributed by atoms with Crippen molar-refractivity contribution < 1.29 is 9.90 Å². The molecular weight excluding hydrogens is 238 g/mol. The lowest BCUT2D eigenvalue weighted by molar-refractivity contribution is 0.133. The van der Waals surface area contributed by atoms with Gasteiger partial charge in [-0.2, -0.15) is 11.8 Å². The van der Waals surface area contributed by atoms with E-state index in [-0.39, 0.29) is 12.3 Å². The van der Waals surface area contributed by atoms with Crippen molar-refractivity contribution in [2.24, 2.45) is 0 Å². The number of amides is 2. The van der Waals surface area contributed by atoms with Gasteiger partial charge in [0, 0.05) is 11.0 Å². The van der Waals surface area contributed by atoms with Gasteiger partial charge >= 0.3 is 6.03 Å². The van der Waals surface area contributed by atoms with Gasteiger partial charge in [-0.1, -0.05) is 6.42 Å². The number of urea groups is 1. The van der Waals surface area contributed by atoms with Crippen LogP contribution in [0, 0.1) is 0 Å². The van der Waals surface area contributed by atoms with Gasteiger partial charge in [0.25, 0.3) is 0 Å². The first kappa shape index (κ1) is 13.0. The lowest BCUT2D eigenvalue weighted by Crippen LogP contribution is -2.36. The van der Waals surface area contributed by atoms with Gasteiger partial charge in [-0.05, 0) is 26.3 Å². The Morgan fingerprint density at radius 1 is 1.53 bits per heavy atom. The molecule has 0 aromatic carbocycles. The van der Waals surface area contributed by atoms with Crippen LogP contribution in [0.15, 0.2) is 0 Å². The highest BCUT2D eigenvalue weighted by Crippen LogP contribution is 2.33. The maximum Gasteiger partial charge on any atom is 0.315 e. The van der Waals surface area contributed by atoms with Gasteiger partial charge in [0.15, 0.2) is 0 Å². The number of rotatable bonds is 6. The first-order valence-electron chi connectivity index (χ1n) is 6.24. The second kappa shape index (κ2) is 5.93. The van der Waals surface area contributed by atoms with Crippen LogP contribution in [-0.2, 0) is 0 Å². The number of unbranched alkanes of at least 4 members (excludes halogenated alkanes) is 1. The molecule has 4 N–H and O–H groups in total. The molecule has 2 fully saturated rings. The van der Waals surface area contributed by atoms with E-state index in [1.54, 1.807) is 7.05 Å². The second-order valence-electron chi connectivity index (χ2n) is 4.71. The predicted molar refractivity (Wildman–Crippen MR) is 69.0 cm³/mol. The zero-order chi connectivity index (χ0) is 12.3. The Bertz CT molecular complexity index is 277. The topological polar surface area (TPSA) is 73.4 Å². The summed E-state index contributed by atoms with van der Waals surface area (Å²) in [6.45, 7) is 0. The number of carbonyl (C=O) groups is 1. The van der Waals surface area contributed by atoms with Crippen molar-refractivity contribution in [3.05, 3.63) is 0 Å². The molecule has 4 unspecified atom stereocenters. The average Bonchev–Trinajstić information content (AvgIpc) is 2.84. The average molecular weight is 259 g/mol. The minimum absolute atomic E-state index is 0.0177. The minimum atomic E-state index is -0.383. The molecule has 0 aliphatic carbocycles. The highest BCUT2D eigenvalue weighted by molar-refractivity contribution is 8.00. The van der Waals surface area contributed by atoms with E-state index in [4.69, 9.17) is 0 Å². The Balaban J connectivity index is 1.65. The number of hydrogen-bond donors (Lipinski definition) is 4. The van der Waals surface area contributed by atoms with Gasteiger partial charge in [-0.15, -0.1) is 0 Å². The molecule has 0 spiro atoms. The number of hydrogen-bond acceptors (Lipinski definition) is 4. The summed E-state index contributed by atoms with van der Waals surface area (Å²) in [7, 11) is 1.77. The Hall–Kier alpha value is -0.460. The lowest BCUT2D eigenvalue weighted by atomic mass is 10.0. The van der Waals surface area contributed by atoms with Crippen LogP contribution in [0.1, 0.15) is 25.7 Å². The van der Waals surface area contributed by atoms with Gasteiger partial charge in [0.2, 0.25) is 0 Å². The maximum absolute atomic E-state index is 11.2. The van der Waals surface area contributed by atoms with Crippen molar-refractivity contribution in [1.82, 2.24) is 16.0 Å². The van der Waals surface area contributed by atoms with E-state index in [1.165, 1.54) is 0 Å². The first-order valence-corrected chi connectivity index (χ1v) is 7.29. The van der Waals surface area contributed by atoms with E-state index in [2.05, 4.69) is 16.0 Å². The van der Waals surface area contributed by atoms with E-state index in [1.807, 2.05) is 11.8 Å². The van der Waals surface area contributed by atoms with Crippen LogP contribution < -0.4 is 16.0 Å². The fraction of sp³-hybridized carbons (Fsp3) is 0.909. The molecule has 2 aliphatic rings. The molecule has 2 saturated heterocycles. The van der Waals surface area contributed by atoms with E-state index in [0.29, 0.717) is 17.3 Å². The molecule has 4 atom stereocenters. The lowest BCUT2D eigenvalue weighted by Gasteiger charge is -2.16. The van der Waals surface area contributed by atoms with Crippen LogP contribution in [0.25, 0.3) is 0 Å². The van der Waals surface area contributed by atoms with Gasteiger partial charge in [0.05, 0.1) is 12.1 Å². The first-order chi connectivity index (χ1) is 8.20. The predicted octanol–water partition coefficient (Wildman–Crippen LogP) is 0.250. The summed E-state index contributed by atoms with van der Waals surface area (Å²) < 4.78 is 0. The molecule has 2 heterocycles. The maximum atomic E-state index is 11.2. The molecule has 0 aromatic heterocycles. The fourth-order valence-electron chi connectivity index (χ4n) is 2.47. The molecule has 0 radical (unpaired) electrons. The van der Waals surface area contributed by atoms with E-state index < -0.39 is 0 Å². The van der Waals surface area contributed by atoms with Crippen LogP contribution in [0.4, 0.5) is 4.79 Å². The van der Waals surface area contributed by atoms with Crippen molar-refractivity contribution in [1.29, 1.82) is 0 Å². The van der Waals surface area contributed by atoms with Gasteiger partial charge < -0.3 is 15.7 Å². The standard InChI is InChI=1S/C11H21N3O2S/c1-12-9(15)5-3-2-4-8-10-7(6-17-8)13-11(16)14-10/h7-10,12,15H,2-6H2,1H3,(H2,13,14,16). The zero-order valence-corrected chi connectivity index (χ0v) is 10.9. The van der Waals surface area contributed by atoms with Crippen LogP contribution in [0.5, 0.6) is 0 Å². The molecule has 5 nitrogen and oxygen atoms in total. The van der Waals surface area contributed by atoms with Gasteiger partial charge in [-0.25, -0.2) is 4.79 Å². The largest absolute Gasteiger partial charge is 0.379 e. The Morgan fingerprint density at radius 2 is 2.35 bits per heavy atom. The monoisotopic (exact) mass is 259 g/mol. The van der Waals surface area contributed by atoms with Crippen LogP contribution in [0.2, 0.25) is 0 Å². The molecular formula is C11H21N3O2S. The summed E-state index contributed by atoms with van der Waals surface area (Å²) in [4.78, 5) is 11.2. The second-order valence-corrected chi connectivity index (χ2v) is 5.98. The zero-order valence-electron chi connectivity index (χ0n) is 10.1.